The SMILES string of the molecule is CC(=O)c1cccc(N/N=[N+](\C)[O-])c1. The Morgan fingerprint density at radius 2 is 2.29 bits per heavy atom. The number of hydroxylamine groups is 1. The molecule has 0 saturated carbocycles. The molecule has 0 unspecified atom stereocenters. The number of carbonyl (C=O) groups is 1. The Labute approximate surface area is 81.6 Å². The largest absolute Gasteiger partial charge is 0.696 e. The average Bonchev–Trinajstić information content (AvgIpc) is 2.15. The molecule has 0 fully saturated rings. The highest BCUT2D eigenvalue weighted by Gasteiger charge is 2.01. The Balaban J connectivity index is 2.84. The molecule has 1 N–H and O–H groups in total. The van der Waals surface area contributed by atoms with Gasteiger partial charge in [-0.15, -0.1) is 5.43 Å². The number of ketones is 1. The number of hydrogen-bond acceptors (Lipinski definition) is 3. The Bertz CT molecular complexity index is 370. The van der Waals surface area contributed by atoms with Crippen molar-refractivity contribution < 1.29 is 9.66 Å². The van der Waals surface area contributed by atoms with Gasteiger partial charge < -0.3 is 5.21 Å². The summed E-state index contributed by atoms with van der Waals surface area (Å²) in [6, 6.07) is 6.78. The lowest BCUT2D eigenvalue weighted by Gasteiger charge is -1.99. The Morgan fingerprint density at radius 3 is 2.86 bits per heavy atom. The number of carbonyl (C=O) groups excluding carboxylic acids is 1. The van der Waals surface area contributed by atoms with Crippen LogP contribution in [0.4, 0.5) is 5.69 Å². The van der Waals surface area contributed by atoms with Gasteiger partial charge in [-0.05, 0) is 19.1 Å². The smallest absolute Gasteiger partial charge is 0.159 e. The first kappa shape index (κ1) is 10.2. The van der Waals surface area contributed by atoms with Gasteiger partial charge in [-0.2, -0.15) is 4.86 Å². The molecular weight excluding hydrogens is 182 g/mol. The van der Waals surface area contributed by atoms with Crippen LogP contribution in [-0.4, -0.2) is 17.7 Å². The molecule has 1 rings (SSSR count). The average molecular weight is 193 g/mol. The number of hydrogen-bond donors (Lipinski definition) is 1. The normalized spacial score (nSPS) is 11.1. The van der Waals surface area contributed by atoms with Crippen molar-refractivity contribution in [2.24, 2.45) is 5.22 Å². The van der Waals surface area contributed by atoms with Crippen LogP contribution in [0.1, 0.15) is 17.3 Å². The van der Waals surface area contributed by atoms with Crippen LogP contribution < -0.4 is 5.43 Å². The monoisotopic (exact) mass is 193 g/mol. The Morgan fingerprint density at radius 1 is 1.57 bits per heavy atom. The molecule has 5 nitrogen and oxygen atoms in total. The van der Waals surface area contributed by atoms with Crippen molar-refractivity contribution in [3.63, 3.8) is 0 Å². The van der Waals surface area contributed by atoms with E-state index in [0.29, 0.717) is 16.1 Å². The van der Waals surface area contributed by atoms with Crippen molar-refractivity contribution >= 4 is 11.5 Å². The second kappa shape index (κ2) is 4.36. The predicted molar refractivity (Wildman–Crippen MR) is 52.0 cm³/mol. The summed E-state index contributed by atoms with van der Waals surface area (Å²) in [6.07, 6.45) is 0. The van der Waals surface area contributed by atoms with Crippen molar-refractivity contribution in [1.82, 2.24) is 0 Å². The Hall–Kier alpha value is -1.91. The van der Waals surface area contributed by atoms with Crippen LogP contribution >= 0.6 is 0 Å². The number of nitrogens with zero attached hydrogens (tertiary/aromatic N) is 2. The molecule has 0 saturated heterocycles. The topological polar surface area (TPSA) is 67.5 Å². The fourth-order valence-electron chi connectivity index (χ4n) is 0.936. The first-order valence-electron chi connectivity index (χ1n) is 4.08. The lowest BCUT2D eigenvalue weighted by atomic mass is 10.1. The van der Waals surface area contributed by atoms with Gasteiger partial charge >= 0.3 is 0 Å². The molecule has 0 spiro atoms. The highest BCUT2D eigenvalue weighted by molar-refractivity contribution is 5.94. The molecule has 1 aromatic carbocycles. The predicted octanol–water partition coefficient (Wildman–Crippen LogP) is 1.81. The molecule has 74 valence electrons. The molecule has 0 amide bonds. The zero-order chi connectivity index (χ0) is 10.6. The first-order chi connectivity index (χ1) is 6.59. The van der Waals surface area contributed by atoms with Crippen LogP contribution in [0.25, 0.3) is 0 Å². The van der Waals surface area contributed by atoms with Crippen molar-refractivity contribution in [3.8, 4) is 0 Å². The molecule has 0 radical (unpaired) electrons. The van der Waals surface area contributed by atoms with E-state index in [1.54, 1.807) is 24.3 Å². The van der Waals surface area contributed by atoms with E-state index in [2.05, 4.69) is 10.6 Å². The fourth-order valence-corrected chi connectivity index (χ4v) is 0.936. The highest BCUT2D eigenvalue weighted by atomic mass is 16.5. The molecule has 14 heavy (non-hydrogen) atoms. The molecule has 1 aromatic rings. The van der Waals surface area contributed by atoms with Crippen LogP contribution in [0.2, 0.25) is 0 Å². The third kappa shape index (κ3) is 2.85. The molecule has 5 heteroatoms. The second-order valence-corrected chi connectivity index (χ2v) is 2.81. The van der Waals surface area contributed by atoms with Gasteiger partial charge in [0.2, 0.25) is 0 Å². The molecule has 0 bridgehead atoms. The van der Waals surface area contributed by atoms with E-state index in [1.807, 2.05) is 0 Å². The second-order valence-electron chi connectivity index (χ2n) is 2.81. The number of nitrogens with one attached hydrogen (secondary N) is 1. The standard InChI is InChI=1S/C9H11N3O2/c1-7(13)8-4-3-5-9(6-8)10-11-12(2)14/h3-6,10H,1-2H3/b12-11+. The van der Waals surface area contributed by atoms with E-state index in [9.17, 15) is 10.0 Å². The quantitative estimate of drug-likeness (QED) is 0.344. The first-order valence-corrected chi connectivity index (χ1v) is 4.08. The molecular formula is C9H11N3O2. The van der Waals surface area contributed by atoms with Crippen LogP contribution in [0, 0.1) is 5.21 Å². The summed E-state index contributed by atoms with van der Waals surface area (Å²) < 4.78 is 0. The van der Waals surface area contributed by atoms with Gasteiger partial charge in [-0.3, -0.25) is 4.79 Å². The zero-order valence-electron chi connectivity index (χ0n) is 8.02. The maximum absolute atomic E-state index is 11.0. The van der Waals surface area contributed by atoms with Crippen LogP contribution in [-0.2, 0) is 0 Å². The summed E-state index contributed by atoms with van der Waals surface area (Å²) in [7, 11) is 1.27. The maximum Gasteiger partial charge on any atom is 0.159 e. The molecule has 0 aliphatic heterocycles. The summed E-state index contributed by atoms with van der Waals surface area (Å²) >= 11 is 0. The van der Waals surface area contributed by atoms with Crippen LogP contribution in [0.3, 0.4) is 0 Å². The van der Waals surface area contributed by atoms with Crippen molar-refractivity contribution in [2.45, 2.75) is 6.92 Å². The summed E-state index contributed by atoms with van der Waals surface area (Å²) in [5.41, 5.74) is 3.72. The van der Waals surface area contributed by atoms with Gasteiger partial charge in [0, 0.05) is 5.56 Å². The maximum atomic E-state index is 11.0. The minimum absolute atomic E-state index is 0.0240. The molecule has 0 aromatic heterocycles. The van der Waals surface area contributed by atoms with Gasteiger partial charge in [0.15, 0.2) is 5.78 Å². The van der Waals surface area contributed by atoms with Gasteiger partial charge in [0.25, 0.3) is 0 Å². The van der Waals surface area contributed by atoms with Gasteiger partial charge in [-0.25, -0.2) is 0 Å². The number of anilines is 1. The summed E-state index contributed by atoms with van der Waals surface area (Å²) in [4.78, 5) is 11.4. The van der Waals surface area contributed by atoms with E-state index < -0.39 is 0 Å². The van der Waals surface area contributed by atoms with E-state index in [0.717, 1.165) is 0 Å². The third-order valence-corrected chi connectivity index (χ3v) is 1.59. The third-order valence-electron chi connectivity index (χ3n) is 1.59. The minimum atomic E-state index is -0.0240. The Kier molecular flexibility index (Phi) is 3.17. The van der Waals surface area contributed by atoms with Gasteiger partial charge in [0.1, 0.15) is 12.7 Å². The summed E-state index contributed by atoms with van der Waals surface area (Å²) in [5.74, 6) is -0.0240. The highest BCUT2D eigenvalue weighted by Crippen LogP contribution is 2.10. The fraction of sp³-hybridized carbons (Fsp3) is 0.222. The van der Waals surface area contributed by atoms with Gasteiger partial charge in [-0.1, -0.05) is 12.1 Å². The molecule has 0 heterocycles. The van der Waals surface area contributed by atoms with E-state index in [-0.39, 0.29) is 5.78 Å². The van der Waals surface area contributed by atoms with Crippen molar-refractivity contribution in [1.29, 1.82) is 0 Å². The summed E-state index contributed by atoms with van der Waals surface area (Å²) in [6.45, 7) is 1.48. The van der Waals surface area contributed by atoms with Gasteiger partial charge in [0.05, 0.1) is 5.22 Å². The van der Waals surface area contributed by atoms with Crippen LogP contribution in [0.15, 0.2) is 29.5 Å². The zero-order valence-corrected chi connectivity index (χ0v) is 8.02. The van der Waals surface area contributed by atoms with Crippen molar-refractivity contribution in [3.05, 3.63) is 35.0 Å². The minimum Gasteiger partial charge on any atom is -0.696 e. The molecule has 0 aliphatic carbocycles. The number of rotatable bonds is 3. The van der Waals surface area contributed by atoms with E-state index >= 15 is 0 Å². The van der Waals surface area contributed by atoms with E-state index in [4.69, 9.17) is 0 Å². The van der Waals surface area contributed by atoms with Crippen molar-refractivity contribution in [2.75, 3.05) is 12.5 Å². The lowest BCUT2D eigenvalue weighted by molar-refractivity contribution is -0.497. The molecule has 0 atom stereocenters. The molecule has 0 aliphatic rings. The van der Waals surface area contributed by atoms with E-state index in [1.165, 1.54) is 14.0 Å². The number of Topliss-reactive ketones (excluding diaryl/α,β-unsaturated/α-hetero) is 1. The van der Waals surface area contributed by atoms with Crippen LogP contribution in [0.5, 0.6) is 0 Å². The number of benzene rings is 1. The lowest BCUT2D eigenvalue weighted by Crippen LogP contribution is -1.98. The summed E-state index contributed by atoms with van der Waals surface area (Å²) in [5, 5.41) is 13.9.